The molecule has 0 aliphatic carbocycles. The Kier molecular flexibility index (Phi) is 5.51. The Morgan fingerprint density at radius 1 is 1.28 bits per heavy atom. The van der Waals surface area contributed by atoms with Crippen LogP contribution < -0.4 is 0 Å². The number of rotatable bonds is 5. The number of esters is 1. The van der Waals surface area contributed by atoms with Crippen molar-refractivity contribution >= 4 is 55.9 Å². The summed E-state index contributed by atoms with van der Waals surface area (Å²) < 4.78 is 6.67. The van der Waals surface area contributed by atoms with Crippen LogP contribution >= 0.6 is 39.0 Å². The molecule has 0 aliphatic heterocycles. The molecule has 0 atom stereocenters. The normalized spacial score (nSPS) is 11.7. The van der Waals surface area contributed by atoms with Crippen LogP contribution in [0.4, 0.5) is 0 Å². The first-order valence-corrected chi connectivity index (χ1v) is 10.3. The van der Waals surface area contributed by atoms with Crippen LogP contribution in [0.15, 0.2) is 51.3 Å². The van der Waals surface area contributed by atoms with E-state index in [1.165, 1.54) is 11.8 Å². The lowest BCUT2D eigenvalue weighted by atomic mass is 10.1. The van der Waals surface area contributed by atoms with Gasteiger partial charge in [-0.15, -0.1) is 11.3 Å². The van der Waals surface area contributed by atoms with Gasteiger partial charge in [0.25, 0.3) is 0 Å². The largest absolute Gasteiger partial charge is 0.465 e. The summed E-state index contributed by atoms with van der Waals surface area (Å²) in [5, 5.41) is 1.12. The number of fused-ring (bicyclic) bond motifs is 1. The molecule has 0 spiro atoms. The van der Waals surface area contributed by atoms with Crippen molar-refractivity contribution in [3.63, 3.8) is 0 Å². The van der Waals surface area contributed by atoms with E-state index in [1.54, 1.807) is 11.3 Å². The number of thiophene rings is 1. The van der Waals surface area contributed by atoms with E-state index in [2.05, 4.69) is 39.1 Å². The first-order chi connectivity index (χ1) is 11.9. The molecule has 0 radical (unpaired) electrons. The van der Waals surface area contributed by atoms with Crippen LogP contribution in [-0.4, -0.2) is 22.3 Å². The Morgan fingerprint density at radius 2 is 2.08 bits per heavy atom. The minimum Gasteiger partial charge on any atom is -0.465 e. The van der Waals surface area contributed by atoms with Crippen molar-refractivity contribution in [3.05, 3.63) is 47.1 Å². The molecular formula is C19H18BrNO2S2. The number of benzene rings is 1. The number of nitrogens with zero attached hydrogens (tertiary/aromatic N) is 1. The molecule has 0 amide bonds. The summed E-state index contributed by atoms with van der Waals surface area (Å²) in [7, 11) is 0. The molecule has 0 aliphatic rings. The molecule has 0 fully saturated rings. The molecule has 130 valence electrons. The first kappa shape index (κ1) is 18.4. The molecule has 0 unspecified atom stereocenters. The third-order valence-electron chi connectivity index (χ3n) is 3.67. The fourth-order valence-corrected chi connectivity index (χ4v) is 5.42. The summed E-state index contributed by atoms with van der Waals surface area (Å²) in [5.41, 5.74) is 2.12. The number of ether oxygens (including phenoxy) is 1. The Labute approximate surface area is 163 Å². The Hall–Kier alpha value is -1.37. The summed E-state index contributed by atoms with van der Waals surface area (Å²) in [6.45, 7) is 6.02. The lowest BCUT2D eigenvalue weighted by Gasteiger charge is -2.20. The van der Waals surface area contributed by atoms with Crippen LogP contribution in [0.1, 0.15) is 20.8 Å². The van der Waals surface area contributed by atoms with E-state index < -0.39 is 4.75 Å². The van der Waals surface area contributed by atoms with Crippen LogP contribution in [0.2, 0.25) is 0 Å². The summed E-state index contributed by atoms with van der Waals surface area (Å²) in [5.74, 6) is -0.186. The Bertz CT molecular complexity index is 921. The number of carbonyl (C=O) groups excluding carboxylic acids is 1. The van der Waals surface area contributed by atoms with Crippen LogP contribution in [0, 0.1) is 0 Å². The summed E-state index contributed by atoms with van der Waals surface area (Å²) >= 11 is 6.71. The number of carbonyl (C=O) groups is 1. The second-order valence-electron chi connectivity index (χ2n) is 5.97. The van der Waals surface area contributed by atoms with E-state index in [4.69, 9.17) is 4.74 Å². The maximum Gasteiger partial charge on any atom is 0.322 e. The van der Waals surface area contributed by atoms with Crippen molar-refractivity contribution in [2.24, 2.45) is 0 Å². The summed E-state index contributed by atoms with van der Waals surface area (Å²) in [6.07, 6.45) is 1.83. The van der Waals surface area contributed by atoms with Gasteiger partial charge in [-0.05, 0) is 51.1 Å². The van der Waals surface area contributed by atoms with E-state index in [9.17, 15) is 4.79 Å². The van der Waals surface area contributed by atoms with E-state index in [0.717, 1.165) is 30.0 Å². The third kappa shape index (κ3) is 4.07. The lowest BCUT2D eigenvalue weighted by Crippen LogP contribution is -2.29. The average Bonchev–Trinajstić information content (AvgIpc) is 3.01. The van der Waals surface area contributed by atoms with Gasteiger partial charge in [-0.3, -0.25) is 9.78 Å². The number of aromatic nitrogens is 1. The number of thioether (sulfide) groups is 1. The zero-order chi connectivity index (χ0) is 18.0. The van der Waals surface area contributed by atoms with E-state index in [1.807, 2.05) is 45.2 Å². The zero-order valence-corrected chi connectivity index (χ0v) is 17.4. The van der Waals surface area contributed by atoms with Gasteiger partial charge >= 0.3 is 5.97 Å². The molecule has 0 N–H and O–H groups in total. The van der Waals surface area contributed by atoms with Crippen molar-refractivity contribution < 1.29 is 9.53 Å². The monoisotopic (exact) mass is 435 g/mol. The van der Waals surface area contributed by atoms with Crippen LogP contribution in [0.3, 0.4) is 0 Å². The topological polar surface area (TPSA) is 39.2 Å². The number of hydrogen-bond donors (Lipinski definition) is 0. The van der Waals surface area contributed by atoms with Gasteiger partial charge < -0.3 is 4.74 Å². The standard InChI is InChI=1S/C19H18BrNO2S2/c1-4-23-18(22)19(2,3)25-17-8-7-16(24-17)14-9-10-21-15-11-12(20)5-6-13(14)15/h5-11H,4H2,1-3H3. The second-order valence-corrected chi connectivity index (χ2v) is 9.89. The predicted octanol–water partition coefficient (Wildman–Crippen LogP) is 6.16. The molecular weight excluding hydrogens is 418 g/mol. The molecule has 3 rings (SSSR count). The third-order valence-corrected chi connectivity index (χ3v) is 6.60. The molecule has 0 saturated heterocycles. The minimum absolute atomic E-state index is 0.186. The second kappa shape index (κ2) is 7.48. The Morgan fingerprint density at radius 3 is 2.84 bits per heavy atom. The minimum atomic E-state index is -0.608. The molecule has 25 heavy (non-hydrogen) atoms. The van der Waals surface area contributed by atoms with E-state index in [0.29, 0.717) is 6.61 Å². The van der Waals surface area contributed by atoms with Gasteiger partial charge in [0.1, 0.15) is 4.75 Å². The highest BCUT2D eigenvalue weighted by Gasteiger charge is 2.31. The van der Waals surface area contributed by atoms with Crippen LogP contribution in [0.25, 0.3) is 21.3 Å². The highest BCUT2D eigenvalue weighted by atomic mass is 79.9. The quantitative estimate of drug-likeness (QED) is 0.355. The fraction of sp³-hybridized carbons (Fsp3) is 0.263. The predicted molar refractivity (Wildman–Crippen MR) is 109 cm³/mol. The van der Waals surface area contributed by atoms with Crippen molar-refractivity contribution in [2.45, 2.75) is 29.7 Å². The van der Waals surface area contributed by atoms with Crippen molar-refractivity contribution in [2.75, 3.05) is 6.61 Å². The molecule has 3 aromatic rings. The molecule has 2 heterocycles. The van der Waals surface area contributed by atoms with Gasteiger partial charge in [-0.2, -0.15) is 0 Å². The molecule has 3 nitrogen and oxygen atoms in total. The molecule has 1 aromatic carbocycles. The maximum absolute atomic E-state index is 12.1. The maximum atomic E-state index is 12.1. The summed E-state index contributed by atoms with van der Waals surface area (Å²) in [6, 6.07) is 12.3. The van der Waals surface area contributed by atoms with Gasteiger partial charge in [0.15, 0.2) is 0 Å². The van der Waals surface area contributed by atoms with Crippen LogP contribution in [-0.2, 0) is 9.53 Å². The number of hydrogen-bond acceptors (Lipinski definition) is 5. The van der Waals surface area contributed by atoms with Crippen molar-refractivity contribution in [1.82, 2.24) is 4.98 Å². The van der Waals surface area contributed by atoms with Gasteiger partial charge in [-0.25, -0.2) is 0 Å². The lowest BCUT2D eigenvalue weighted by molar-refractivity contribution is -0.145. The molecule has 6 heteroatoms. The highest BCUT2D eigenvalue weighted by molar-refractivity contribution is 9.10. The van der Waals surface area contributed by atoms with Gasteiger partial charge in [0, 0.05) is 26.5 Å². The van der Waals surface area contributed by atoms with E-state index >= 15 is 0 Å². The SMILES string of the molecule is CCOC(=O)C(C)(C)Sc1ccc(-c2ccnc3cc(Br)ccc23)s1. The van der Waals surface area contributed by atoms with Crippen LogP contribution in [0.5, 0.6) is 0 Å². The average molecular weight is 436 g/mol. The molecule has 2 aromatic heterocycles. The van der Waals surface area contributed by atoms with Gasteiger partial charge in [0.05, 0.1) is 16.3 Å². The Balaban J connectivity index is 1.91. The van der Waals surface area contributed by atoms with E-state index in [-0.39, 0.29) is 5.97 Å². The zero-order valence-electron chi connectivity index (χ0n) is 14.2. The van der Waals surface area contributed by atoms with Crippen molar-refractivity contribution in [3.8, 4) is 10.4 Å². The number of halogens is 1. The first-order valence-electron chi connectivity index (χ1n) is 7.91. The highest BCUT2D eigenvalue weighted by Crippen LogP contribution is 2.42. The van der Waals surface area contributed by atoms with Gasteiger partial charge in [0.2, 0.25) is 0 Å². The smallest absolute Gasteiger partial charge is 0.322 e. The van der Waals surface area contributed by atoms with Gasteiger partial charge in [-0.1, -0.05) is 33.8 Å². The number of pyridine rings is 1. The van der Waals surface area contributed by atoms with Crippen molar-refractivity contribution in [1.29, 1.82) is 0 Å². The molecule has 0 bridgehead atoms. The summed E-state index contributed by atoms with van der Waals surface area (Å²) in [4.78, 5) is 17.7. The molecule has 0 saturated carbocycles. The fourth-order valence-electron chi connectivity index (χ4n) is 2.45.